The molecule has 0 bridgehead atoms. The fourth-order valence-electron chi connectivity index (χ4n) is 4.89. The lowest BCUT2D eigenvalue weighted by molar-refractivity contribution is -0.132. The number of carbonyl (C=O) groups excluding carboxylic acids is 1. The van der Waals surface area contributed by atoms with Gasteiger partial charge in [-0.25, -0.2) is 4.68 Å². The van der Waals surface area contributed by atoms with Gasteiger partial charge in [0.2, 0.25) is 5.91 Å². The SMILES string of the molecule is Cc1cccc(N2CCN(C(=O)CCCn3nc(C)n4c(cc5sccc54)c3=O)CC2C)c1. The van der Waals surface area contributed by atoms with Crippen LogP contribution in [0.2, 0.25) is 0 Å². The molecule has 0 spiro atoms. The summed E-state index contributed by atoms with van der Waals surface area (Å²) in [5, 5.41) is 6.54. The van der Waals surface area contributed by atoms with E-state index in [4.69, 9.17) is 0 Å². The van der Waals surface area contributed by atoms with Crippen molar-refractivity contribution in [3.63, 3.8) is 0 Å². The third-order valence-electron chi connectivity index (χ3n) is 6.54. The zero-order chi connectivity index (χ0) is 23.1. The molecule has 1 aromatic carbocycles. The predicted molar refractivity (Wildman–Crippen MR) is 133 cm³/mol. The minimum absolute atomic E-state index is 0.100. The molecule has 0 radical (unpaired) electrons. The highest BCUT2D eigenvalue weighted by atomic mass is 32.1. The molecule has 5 rings (SSSR count). The van der Waals surface area contributed by atoms with E-state index in [9.17, 15) is 9.59 Å². The molecule has 1 aliphatic rings. The maximum absolute atomic E-state index is 12.9. The van der Waals surface area contributed by atoms with Gasteiger partial charge in [-0.1, -0.05) is 12.1 Å². The van der Waals surface area contributed by atoms with Gasteiger partial charge in [0.1, 0.15) is 11.3 Å². The van der Waals surface area contributed by atoms with Crippen molar-refractivity contribution in [2.75, 3.05) is 24.5 Å². The summed E-state index contributed by atoms with van der Waals surface area (Å²) >= 11 is 1.62. The number of amides is 1. The normalized spacial score (nSPS) is 16.8. The minimum atomic E-state index is -0.100. The van der Waals surface area contributed by atoms with Crippen LogP contribution in [0.3, 0.4) is 0 Å². The molecule has 4 aromatic rings. The number of rotatable bonds is 5. The van der Waals surface area contributed by atoms with Gasteiger partial charge in [0.25, 0.3) is 5.56 Å². The number of fused-ring (bicyclic) bond motifs is 3. The summed E-state index contributed by atoms with van der Waals surface area (Å²) in [7, 11) is 0. The fourth-order valence-corrected chi connectivity index (χ4v) is 5.70. The van der Waals surface area contributed by atoms with Crippen LogP contribution in [0.25, 0.3) is 15.7 Å². The molecule has 172 valence electrons. The van der Waals surface area contributed by atoms with Gasteiger partial charge >= 0.3 is 0 Å². The number of piperazine rings is 1. The number of anilines is 1. The standard InChI is InChI=1S/C25H29N5O2S/c1-17-6-4-7-20(14-17)28-12-11-27(16-18(28)2)24(31)8-5-10-29-25(32)22-15-23-21(9-13-33-23)30(22)19(3)26-29/h4,6-7,9,13-15,18H,5,8,10-12,16H2,1-3H3. The van der Waals surface area contributed by atoms with Gasteiger partial charge in [0.15, 0.2) is 0 Å². The zero-order valence-corrected chi connectivity index (χ0v) is 20.1. The molecule has 7 nitrogen and oxygen atoms in total. The molecule has 1 saturated heterocycles. The Morgan fingerprint density at radius 2 is 2.00 bits per heavy atom. The van der Waals surface area contributed by atoms with Crippen LogP contribution in [0.15, 0.2) is 46.6 Å². The van der Waals surface area contributed by atoms with Gasteiger partial charge in [-0.2, -0.15) is 5.10 Å². The lowest BCUT2D eigenvalue weighted by atomic mass is 10.1. The lowest BCUT2D eigenvalue weighted by Crippen LogP contribution is -2.53. The minimum Gasteiger partial charge on any atom is -0.365 e. The monoisotopic (exact) mass is 463 g/mol. The second-order valence-electron chi connectivity index (χ2n) is 8.94. The van der Waals surface area contributed by atoms with Crippen molar-refractivity contribution in [2.45, 2.75) is 46.2 Å². The van der Waals surface area contributed by atoms with Crippen molar-refractivity contribution >= 4 is 38.7 Å². The summed E-state index contributed by atoms with van der Waals surface area (Å²) in [4.78, 5) is 30.2. The highest BCUT2D eigenvalue weighted by molar-refractivity contribution is 7.17. The molecule has 1 amide bonds. The third kappa shape index (κ3) is 4.04. The smallest absolute Gasteiger partial charge is 0.291 e. The first kappa shape index (κ1) is 21.7. The van der Waals surface area contributed by atoms with Crippen LogP contribution in [0, 0.1) is 13.8 Å². The van der Waals surface area contributed by atoms with Crippen molar-refractivity contribution < 1.29 is 4.79 Å². The number of hydrogen-bond acceptors (Lipinski definition) is 5. The quantitative estimate of drug-likeness (QED) is 0.451. The van der Waals surface area contributed by atoms with E-state index in [2.05, 4.69) is 48.1 Å². The molecule has 0 N–H and O–H groups in total. The molecular weight excluding hydrogens is 434 g/mol. The second-order valence-corrected chi connectivity index (χ2v) is 9.88. The lowest BCUT2D eigenvalue weighted by Gasteiger charge is -2.41. The Balaban J connectivity index is 1.21. The van der Waals surface area contributed by atoms with Crippen molar-refractivity contribution in [1.82, 2.24) is 19.1 Å². The number of carbonyl (C=O) groups is 1. The van der Waals surface area contributed by atoms with Crippen LogP contribution in [0.5, 0.6) is 0 Å². The van der Waals surface area contributed by atoms with Crippen LogP contribution in [-0.2, 0) is 11.3 Å². The molecule has 0 aliphatic carbocycles. The van der Waals surface area contributed by atoms with Crippen molar-refractivity contribution in [3.8, 4) is 0 Å². The molecule has 1 atom stereocenters. The van der Waals surface area contributed by atoms with E-state index in [1.54, 1.807) is 11.3 Å². The van der Waals surface area contributed by atoms with E-state index in [0.717, 1.165) is 35.7 Å². The van der Waals surface area contributed by atoms with Crippen molar-refractivity contribution in [3.05, 3.63) is 63.5 Å². The van der Waals surface area contributed by atoms with E-state index >= 15 is 0 Å². The van der Waals surface area contributed by atoms with Crippen molar-refractivity contribution in [2.24, 2.45) is 0 Å². The highest BCUT2D eigenvalue weighted by Crippen LogP contribution is 2.25. The molecular formula is C25H29N5O2S. The Hall–Kier alpha value is -3.13. The van der Waals surface area contributed by atoms with E-state index in [0.29, 0.717) is 24.9 Å². The number of benzene rings is 1. The van der Waals surface area contributed by atoms with Crippen LogP contribution in [-0.4, -0.2) is 50.7 Å². The molecule has 1 unspecified atom stereocenters. The Morgan fingerprint density at radius 3 is 2.79 bits per heavy atom. The number of aromatic nitrogens is 3. The molecule has 1 aliphatic heterocycles. The Labute approximate surface area is 196 Å². The number of hydrogen-bond donors (Lipinski definition) is 0. The van der Waals surface area contributed by atoms with E-state index in [-0.39, 0.29) is 17.5 Å². The predicted octanol–water partition coefficient (Wildman–Crippen LogP) is 3.85. The van der Waals surface area contributed by atoms with Gasteiger partial charge in [-0.05, 0) is 62.4 Å². The summed E-state index contributed by atoms with van der Waals surface area (Å²) in [5.41, 5.74) is 4.04. The first-order chi connectivity index (χ1) is 15.9. The van der Waals surface area contributed by atoms with Gasteiger partial charge in [0, 0.05) is 44.3 Å². The van der Waals surface area contributed by atoms with Gasteiger partial charge in [-0.15, -0.1) is 11.3 Å². The van der Waals surface area contributed by atoms with Crippen LogP contribution in [0.4, 0.5) is 5.69 Å². The molecule has 0 saturated carbocycles. The number of thiophene rings is 1. The van der Waals surface area contributed by atoms with E-state index in [1.807, 2.05) is 33.7 Å². The molecule has 1 fully saturated rings. The van der Waals surface area contributed by atoms with Gasteiger partial charge < -0.3 is 9.80 Å². The Morgan fingerprint density at radius 1 is 1.15 bits per heavy atom. The van der Waals surface area contributed by atoms with Crippen LogP contribution in [0.1, 0.15) is 31.2 Å². The summed E-state index contributed by atoms with van der Waals surface area (Å²) in [6, 6.07) is 12.7. The third-order valence-corrected chi connectivity index (χ3v) is 7.39. The zero-order valence-electron chi connectivity index (χ0n) is 19.3. The number of nitrogens with zero attached hydrogens (tertiary/aromatic N) is 5. The van der Waals surface area contributed by atoms with Crippen LogP contribution < -0.4 is 10.5 Å². The Kier molecular flexibility index (Phi) is 5.70. The van der Waals surface area contributed by atoms with E-state index < -0.39 is 0 Å². The summed E-state index contributed by atoms with van der Waals surface area (Å²) in [6.45, 7) is 8.91. The number of aryl methyl sites for hydroxylation is 3. The fraction of sp³-hybridized carbons (Fsp3) is 0.400. The van der Waals surface area contributed by atoms with Crippen LogP contribution >= 0.6 is 11.3 Å². The first-order valence-corrected chi connectivity index (χ1v) is 12.4. The summed E-state index contributed by atoms with van der Waals surface area (Å²) < 4.78 is 4.52. The average Bonchev–Trinajstić information content (AvgIpc) is 3.38. The van der Waals surface area contributed by atoms with E-state index in [1.165, 1.54) is 15.9 Å². The molecule has 3 aromatic heterocycles. The van der Waals surface area contributed by atoms with Gasteiger partial charge in [-0.3, -0.25) is 14.0 Å². The maximum atomic E-state index is 12.9. The summed E-state index contributed by atoms with van der Waals surface area (Å²) in [6.07, 6.45) is 1.02. The molecule has 8 heteroatoms. The molecule has 33 heavy (non-hydrogen) atoms. The first-order valence-electron chi connectivity index (χ1n) is 11.5. The average molecular weight is 464 g/mol. The highest BCUT2D eigenvalue weighted by Gasteiger charge is 2.26. The van der Waals surface area contributed by atoms with Gasteiger partial charge in [0.05, 0.1) is 10.2 Å². The second kappa shape index (κ2) is 8.67. The van der Waals surface area contributed by atoms with Crippen molar-refractivity contribution in [1.29, 1.82) is 0 Å². The largest absolute Gasteiger partial charge is 0.365 e. The molecule has 4 heterocycles. The Bertz CT molecular complexity index is 1380. The summed E-state index contributed by atoms with van der Waals surface area (Å²) in [5.74, 6) is 0.935. The maximum Gasteiger partial charge on any atom is 0.291 e. The topological polar surface area (TPSA) is 62.9 Å².